The van der Waals surface area contributed by atoms with Crippen LogP contribution in [0.4, 0.5) is 0 Å². The number of carbonyl (C=O) groups excluding carboxylic acids is 1. The van der Waals surface area contributed by atoms with Crippen molar-refractivity contribution in [1.29, 1.82) is 0 Å². The lowest BCUT2D eigenvalue weighted by molar-refractivity contribution is -0.121. The first kappa shape index (κ1) is 13.5. The molecule has 0 fully saturated rings. The van der Waals surface area contributed by atoms with Crippen LogP contribution in [-0.4, -0.2) is 19.0 Å². The van der Waals surface area contributed by atoms with E-state index in [0.717, 1.165) is 32.2 Å². The summed E-state index contributed by atoms with van der Waals surface area (Å²) in [5, 5.41) is 3.14. The Labute approximate surface area is 90.7 Å². The zero-order valence-corrected chi connectivity index (χ0v) is 9.28. The summed E-state index contributed by atoms with van der Waals surface area (Å²) in [5.74, 6) is 0.0412. The highest BCUT2D eigenvalue weighted by atomic mass is 35.5. The monoisotopic (exact) mass is 218 g/mol. The van der Waals surface area contributed by atoms with Gasteiger partial charge in [0, 0.05) is 11.5 Å². The Morgan fingerprint density at radius 2 is 1.93 bits per heavy atom. The molecular weight excluding hydrogens is 200 g/mol. The Morgan fingerprint density at radius 1 is 1.29 bits per heavy atom. The van der Waals surface area contributed by atoms with E-state index >= 15 is 0 Å². The van der Waals surface area contributed by atoms with Gasteiger partial charge in [-0.15, -0.1) is 0 Å². The van der Waals surface area contributed by atoms with E-state index in [1.54, 1.807) is 0 Å². The van der Waals surface area contributed by atoms with Crippen molar-refractivity contribution < 1.29 is 4.79 Å². The minimum absolute atomic E-state index is 0.0412. The van der Waals surface area contributed by atoms with Crippen LogP contribution in [0.3, 0.4) is 0 Å². The van der Waals surface area contributed by atoms with Crippen LogP contribution in [0.2, 0.25) is 0 Å². The second kappa shape index (κ2) is 9.03. The highest BCUT2D eigenvalue weighted by Gasteiger charge is 2.00. The molecule has 0 unspecified atom stereocenters. The summed E-state index contributed by atoms with van der Waals surface area (Å²) in [4.78, 5) is 11.1. The van der Waals surface area contributed by atoms with Gasteiger partial charge in [-0.1, -0.05) is 31.0 Å². The van der Waals surface area contributed by atoms with Gasteiger partial charge in [0.1, 0.15) is 0 Å². The third-order valence-corrected chi connectivity index (χ3v) is 1.97. The van der Waals surface area contributed by atoms with Crippen molar-refractivity contribution in [2.24, 2.45) is 5.73 Å². The van der Waals surface area contributed by atoms with Crippen LogP contribution >= 0.6 is 11.6 Å². The molecule has 0 heterocycles. The molecule has 0 radical (unpaired) electrons. The normalized spacial score (nSPS) is 9.86. The van der Waals surface area contributed by atoms with Gasteiger partial charge in [0.25, 0.3) is 0 Å². The van der Waals surface area contributed by atoms with Gasteiger partial charge in [0.15, 0.2) is 0 Å². The number of rotatable bonds is 8. The number of carbonyl (C=O) groups is 1. The molecule has 0 aliphatic rings. The van der Waals surface area contributed by atoms with Crippen LogP contribution in [-0.2, 0) is 4.79 Å². The molecule has 0 aromatic heterocycles. The fourth-order valence-corrected chi connectivity index (χ4v) is 1.13. The fraction of sp³-hybridized carbons (Fsp3) is 0.700. The number of nitrogens with one attached hydrogen (secondary N) is 1. The van der Waals surface area contributed by atoms with Crippen molar-refractivity contribution in [2.75, 3.05) is 13.1 Å². The maximum Gasteiger partial charge on any atom is 0.220 e. The van der Waals surface area contributed by atoms with Gasteiger partial charge < -0.3 is 11.1 Å². The van der Waals surface area contributed by atoms with Gasteiger partial charge in [0.05, 0.1) is 6.54 Å². The van der Waals surface area contributed by atoms with Crippen LogP contribution < -0.4 is 11.1 Å². The van der Waals surface area contributed by atoms with E-state index in [1.165, 1.54) is 0 Å². The van der Waals surface area contributed by atoms with Crippen LogP contribution in [0.25, 0.3) is 0 Å². The Bertz CT molecular complexity index is 183. The average Bonchev–Trinajstić information content (AvgIpc) is 2.14. The first-order valence-corrected chi connectivity index (χ1v) is 5.34. The van der Waals surface area contributed by atoms with E-state index < -0.39 is 0 Å². The van der Waals surface area contributed by atoms with Gasteiger partial charge in [-0.2, -0.15) is 0 Å². The predicted molar refractivity (Wildman–Crippen MR) is 60.1 cm³/mol. The summed E-state index contributed by atoms with van der Waals surface area (Å²) < 4.78 is 0. The Morgan fingerprint density at radius 3 is 2.50 bits per heavy atom. The van der Waals surface area contributed by atoms with E-state index in [2.05, 4.69) is 11.9 Å². The lowest BCUT2D eigenvalue weighted by Gasteiger charge is -2.03. The van der Waals surface area contributed by atoms with Crippen LogP contribution in [0.5, 0.6) is 0 Å². The molecule has 0 bridgehead atoms. The minimum atomic E-state index is 0.0412. The highest BCUT2D eigenvalue weighted by Crippen LogP contribution is 2.02. The molecule has 82 valence electrons. The molecule has 0 saturated carbocycles. The molecule has 3 nitrogen and oxygen atoms in total. The van der Waals surface area contributed by atoms with Gasteiger partial charge in [0.2, 0.25) is 5.91 Å². The maximum absolute atomic E-state index is 11.1. The molecule has 0 rings (SSSR count). The quantitative estimate of drug-likeness (QED) is 0.610. The topological polar surface area (TPSA) is 55.1 Å². The number of hydrogen-bond acceptors (Lipinski definition) is 2. The van der Waals surface area contributed by atoms with Crippen LogP contribution in [0.15, 0.2) is 11.6 Å². The zero-order valence-electron chi connectivity index (χ0n) is 8.52. The number of hydrogen-bond donors (Lipinski definition) is 2. The third-order valence-electron chi connectivity index (χ3n) is 1.84. The summed E-state index contributed by atoms with van der Waals surface area (Å²) in [6.07, 6.45) is 4.69. The number of unbranched alkanes of at least 4 members (excludes halogenated alkanes) is 3. The van der Waals surface area contributed by atoms with Crippen LogP contribution in [0, 0.1) is 0 Å². The van der Waals surface area contributed by atoms with Gasteiger partial charge in [-0.25, -0.2) is 0 Å². The molecule has 0 aromatic rings. The Kier molecular flexibility index (Phi) is 8.68. The molecule has 0 aromatic carbocycles. The number of halogens is 1. The molecule has 14 heavy (non-hydrogen) atoms. The van der Waals surface area contributed by atoms with E-state index in [0.29, 0.717) is 18.0 Å². The zero-order chi connectivity index (χ0) is 10.8. The second-order valence-electron chi connectivity index (χ2n) is 3.25. The van der Waals surface area contributed by atoms with Crippen LogP contribution in [0.1, 0.15) is 32.1 Å². The highest BCUT2D eigenvalue weighted by molar-refractivity contribution is 6.29. The van der Waals surface area contributed by atoms with E-state index in [-0.39, 0.29) is 5.91 Å². The Balaban J connectivity index is 3.22. The van der Waals surface area contributed by atoms with Gasteiger partial charge in [-0.3, -0.25) is 4.79 Å². The standard InChI is InChI=1S/C10H19ClN2O/c1-9(11)8-13-10(14)6-4-2-3-5-7-12/h1-8,12H2,(H,13,14). The summed E-state index contributed by atoms with van der Waals surface area (Å²) in [6.45, 7) is 4.58. The lowest BCUT2D eigenvalue weighted by atomic mass is 10.1. The molecule has 0 aliphatic carbocycles. The number of nitrogens with two attached hydrogens (primary N) is 1. The molecule has 0 spiro atoms. The van der Waals surface area contributed by atoms with Gasteiger partial charge >= 0.3 is 0 Å². The molecule has 0 saturated heterocycles. The van der Waals surface area contributed by atoms with E-state index in [4.69, 9.17) is 17.3 Å². The predicted octanol–water partition coefficient (Wildman–Crippen LogP) is 1.76. The minimum Gasteiger partial charge on any atom is -0.351 e. The van der Waals surface area contributed by atoms with Gasteiger partial charge in [-0.05, 0) is 19.4 Å². The van der Waals surface area contributed by atoms with Crippen molar-refractivity contribution in [2.45, 2.75) is 32.1 Å². The molecule has 3 N–H and O–H groups in total. The van der Waals surface area contributed by atoms with Crippen molar-refractivity contribution in [3.63, 3.8) is 0 Å². The molecule has 0 aliphatic heterocycles. The van der Waals surface area contributed by atoms with E-state index in [9.17, 15) is 4.79 Å². The summed E-state index contributed by atoms with van der Waals surface area (Å²) in [6, 6.07) is 0. The second-order valence-corrected chi connectivity index (χ2v) is 3.78. The molecule has 1 amide bonds. The first-order valence-electron chi connectivity index (χ1n) is 4.97. The average molecular weight is 219 g/mol. The largest absolute Gasteiger partial charge is 0.351 e. The third kappa shape index (κ3) is 9.55. The van der Waals surface area contributed by atoms with Crippen molar-refractivity contribution in [3.8, 4) is 0 Å². The van der Waals surface area contributed by atoms with E-state index in [1.807, 2.05) is 0 Å². The van der Waals surface area contributed by atoms with Crippen molar-refractivity contribution >= 4 is 17.5 Å². The summed E-state index contributed by atoms with van der Waals surface area (Å²) >= 11 is 5.50. The molecule has 4 heteroatoms. The molecular formula is C10H19ClN2O. The number of amides is 1. The lowest BCUT2D eigenvalue weighted by Crippen LogP contribution is -2.23. The first-order chi connectivity index (χ1) is 6.66. The van der Waals surface area contributed by atoms with Crippen molar-refractivity contribution in [3.05, 3.63) is 11.6 Å². The smallest absolute Gasteiger partial charge is 0.220 e. The molecule has 0 atom stereocenters. The fourth-order valence-electron chi connectivity index (χ4n) is 1.07. The SMILES string of the molecule is C=C(Cl)CNC(=O)CCCCCCN. The van der Waals surface area contributed by atoms with Crippen molar-refractivity contribution in [1.82, 2.24) is 5.32 Å². The maximum atomic E-state index is 11.1. The Hall–Kier alpha value is -0.540. The summed E-state index contributed by atoms with van der Waals surface area (Å²) in [5.41, 5.74) is 5.35. The summed E-state index contributed by atoms with van der Waals surface area (Å²) in [7, 11) is 0.